The van der Waals surface area contributed by atoms with E-state index in [1.807, 2.05) is 32.7 Å². The van der Waals surface area contributed by atoms with E-state index in [4.69, 9.17) is 14.8 Å². The highest BCUT2D eigenvalue weighted by atomic mass is 32.2. The first kappa shape index (κ1) is 31.3. The molecule has 1 saturated carbocycles. The average molecular weight is 510 g/mol. The van der Waals surface area contributed by atoms with E-state index in [0.717, 1.165) is 5.75 Å². The van der Waals surface area contributed by atoms with Gasteiger partial charge >= 0.3 is 13.1 Å². The molecule has 1 aliphatic carbocycles. The molecule has 1 aromatic carbocycles. The van der Waals surface area contributed by atoms with Gasteiger partial charge in [-0.15, -0.1) is 0 Å². The van der Waals surface area contributed by atoms with Crippen molar-refractivity contribution >= 4 is 36.3 Å². The lowest BCUT2D eigenvalue weighted by Crippen LogP contribution is -2.35. The quantitative estimate of drug-likeness (QED) is 0.316. The molecule has 3 amide bonds. The third-order valence-corrected chi connectivity index (χ3v) is 7.55. The average Bonchev–Trinajstić information content (AvgIpc) is 3.40. The molecule has 2 aliphatic heterocycles. The molecule has 0 spiro atoms. The number of carbonyl (C=O) groups is 2. The second-order valence-corrected chi connectivity index (χ2v) is 9.98. The van der Waals surface area contributed by atoms with Gasteiger partial charge in [0, 0.05) is 30.7 Å². The minimum absolute atomic E-state index is 0.00199. The highest BCUT2D eigenvalue weighted by Gasteiger charge is 2.40. The molecule has 3 fully saturated rings. The van der Waals surface area contributed by atoms with Gasteiger partial charge in [0.05, 0.1) is 18.2 Å². The van der Waals surface area contributed by atoms with Crippen LogP contribution in [0.1, 0.15) is 76.1 Å². The number of carbonyl (C=O) groups excluding carboxylic acids is 2. The summed E-state index contributed by atoms with van der Waals surface area (Å²) in [7, 11) is 1.89. The Kier molecular flexibility index (Phi) is 15.8. The molecule has 2 saturated heterocycles. The molecule has 4 rings (SSSR count). The molecule has 3 atom stereocenters. The molecule has 8 nitrogen and oxygen atoms in total. The van der Waals surface area contributed by atoms with E-state index in [2.05, 4.69) is 22.9 Å². The van der Waals surface area contributed by atoms with Gasteiger partial charge in [0.2, 0.25) is 0 Å². The molecule has 3 aliphatic rings. The Morgan fingerprint density at radius 2 is 1.63 bits per heavy atom. The monoisotopic (exact) mass is 509 g/mol. The fourth-order valence-corrected chi connectivity index (χ4v) is 5.37. The Balaban J connectivity index is 0.000000256. The van der Waals surface area contributed by atoms with Gasteiger partial charge in [0.15, 0.2) is 0 Å². The highest BCUT2D eigenvalue weighted by Crippen LogP contribution is 2.28. The number of hydrogen-bond donors (Lipinski definition) is 5. The molecule has 0 aromatic heterocycles. The molecular formula is C25H44BN3O5S. The van der Waals surface area contributed by atoms with Crippen molar-refractivity contribution in [3.05, 3.63) is 29.8 Å². The van der Waals surface area contributed by atoms with Gasteiger partial charge in [-0.2, -0.15) is 11.8 Å². The Labute approximate surface area is 215 Å². The van der Waals surface area contributed by atoms with Gasteiger partial charge in [-0.05, 0) is 30.4 Å². The van der Waals surface area contributed by atoms with Crippen molar-refractivity contribution in [1.29, 1.82) is 0 Å². The zero-order valence-electron chi connectivity index (χ0n) is 21.9. The minimum atomic E-state index is -1.49. The van der Waals surface area contributed by atoms with E-state index in [9.17, 15) is 9.59 Å². The van der Waals surface area contributed by atoms with Crippen molar-refractivity contribution in [1.82, 2.24) is 16.0 Å². The largest absolute Gasteiger partial charge is 0.488 e. The molecule has 3 unspecified atom stereocenters. The zero-order valence-corrected chi connectivity index (χ0v) is 22.7. The predicted molar refractivity (Wildman–Crippen MR) is 145 cm³/mol. The van der Waals surface area contributed by atoms with Crippen LogP contribution in [-0.4, -0.2) is 72.5 Å². The second-order valence-electron chi connectivity index (χ2n) is 8.57. The van der Waals surface area contributed by atoms with Crippen LogP contribution in [0.25, 0.3) is 0 Å². The van der Waals surface area contributed by atoms with Crippen LogP contribution in [0.5, 0.6) is 0 Å². The lowest BCUT2D eigenvalue weighted by Gasteiger charge is -2.17. The van der Waals surface area contributed by atoms with Crippen LogP contribution in [-0.2, 0) is 4.74 Å². The van der Waals surface area contributed by atoms with Crippen LogP contribution in [0.15, 0.2) is 24.3 Å². The molecule has 198 valence electrons. The van der Waals surface area contributed by atoms with Crippen LogP contribution < -0.4 is 21.4 Å². The van der Waals surface area contributed by atoms with Gasteiger partial charge in [0.25, 0.3) is 5.91 Å². The summed E-state index contributed by atoms with van der Waals surface area (Å²) in [5, 5.41) is 26.3. The Morgan fingerprint density at radius 3 is 2.11 bits per heavy atom. The van der Waals surface area contributed by atoms with E-state index in [1.54, 1.807) is 0 Å². The van der Waals surface area contributed by atoms with E-state index in [0.29, 0.717) is 34.5 Å². The molecule has 1 aromatic rings. The third-order valence-electron chi connectivity index (χ3n) is 6.18. The van der Waals surface area contributed by atoms with Crippen LogP contribution in [0.3, 0.4) is 0 Å². The fraction of sp³-hybridized carbons (Fsp3) is 0.680. The molecule has 10 heteroatoms. The third kappa shape index (κ3) is 11.2. The van der Waals surface area contributed by atoms with Crippen LogP contribution in [0.2, 0.25) is 0 Å². The van der Waals surface area contributed by atoms with Gasteiger partial charge in [-0.25, -0.2) is 4.79 Å². The lowest BCUT2D eigenvalue weighted by atomic mass is 9.80. The number of amides is 3. The standard InChI is InChI=1S/C9H18O.C8H10BNO3.C6H10N2OS.C2H6/c1-10-9-7-5-3-2-4-6-8-9;1-10-8(11)6-2-4-7(5-3-6)9(12)13;1-3-5-4(2-10-3)7-6(9)8-5;1-2/h9H,2-8H2,1H3;2-5,12-13H,1H3,(H,10,11);3-5H,2H2,1H3,(H2,7,8,9);1-2H3. The van der Waals surface area contributed by atoms with Crippen molar-refractivity contribution in [3.63, 3.8) is 0 Å². The van der Waals surface area contributed by atoms with Crippen LogP contribution in [0.4, 0.5) is 4.79 Å². The maximum atomic E-state index is 11.1. The molecular weight excluding hydrogens is 465 g/mol. The number of rotatable bonds is 3. The number of hydrogen-bond acceptors (Lipinski definition) is 6. The van der Waals surface area contributed by atoms with Crippen molar-refractivity contribution < 1.29 is 24.4 Å². The number of ether oxygens (including phenoxy) is 1. The first-order chi connectivity index (χ1) is 16.8. The summed E-state index contributed by atoms with van der Waals surface area (Å²) in [6.07, 6.45) is 10.2. The van der Waals surface area contributed by atoms with E-state index >= 15 is 0 Å². The maximum Gasteiger partial charge on any atom is 0.488 e. The van der Waals surface area contributed by atoms with Crippen molar-refractivity contribution in [2.24, 2.45) is 0 Å². The zero-order chi connectivity index (χ0) is 26.2. The fourth-order valence-electron chi connectivity index (χ4n) is 4.11. The number of nitrogens with one attached hydrogen (secondary N) is 3. The summed E-state index contributed by atoms with van der Waals surface area (Å²) < 4.78 is 5.33. The number of methoxy groups -OCH3 is 1. The normalized spacial score (nSPS) is 23.2. The number of urea groups is 1. The van der Waals surface area contributed by atoms with E-state index < -0.39 is 7.12 Å². The first-order valence-corrected chi connectivity index (χ1v) is 13.8. The van der Waals surface area contributed by atoms with Gasteiger partial charge in [-0.1, -0.05) is 65.0 Å². The first-order valence-electron chi connectivity index (χ1n) is 12.7. The maximum absolute atomic E-state index is 11.1. The summed E-state index contributed by atoms with van der Waals surface area (Å²) in [4.78, 5) is 21.8. The molecule has 2 heterocycles. The summed E-state index contributed by atoms with van der Waals surface area (Å²) in [6.45, 7) is 6.16. The summed E-state index contributed by atoms with van der Waals surface area (Å²) >= 11 is 1.91. The Morgan fingerprint density at radius 1 is 1.06 bits per heavy atom. The number of fused-ring (bicyclic) bond motifs is 1. The van der Waals surface area contributed by atoms with Crippen molar-refractivity contribution in [2.45, 2.75) is 89.2 Å². The van der Waals surface area contributed by atoms with E-state index in [-0.39, 0.29) is 11.9 Å². The van der Waals surface area contributed by atoms with Gasteiger partial charge in [-0.3, -0.25) is 4.79 Å². The lowest BCUT2D eigenvalue weighted by molar-refractivity contribution is 0.0796. The molecule has 0 bridgehead atoms. The van der Waals surface area contributed by atoms with Crippen molar-refractivity contribution in [3.8, 4) is 0 Å². The predicted octanol–water partition coefficient (Wildman–Crippen LogP) is 2.67. The minimum Gasteiger partial charge on any atom is -0.423 e. The smallest absolute Gasteiger partial charge is 0.423 e. The summed E-state index contributed by atoms with van der Waals surface area (Å²) in [5.74, 6) is 0.865. The van der Waals surface area contributed by atoms with E-state index in [1.165, 1.54) is 76.3 Å². The topological polar surface area (TPSA) is 120 Å². The second kappa shape index (κ2) is 17.6. The summed E-state index contributed by atoms with van der Waals surface area (Å²) in [5.41, 5.74) is 0.861. The SMILES string of the molecule is CC.CC1SCC2NC(=O)NC21.CNC(=O)c1ccc(B(O)O)cc1.COC1CCCCCCC1. The van der Waals surface area contributed by atoms with Crippen LogP contribution in [0, 0.1) is 0 Å². The molecule has 0 radical (unpaired) electrons. The number of benzene rings is 1. The molecule has 35 heavy (non-hydrogen) atoms. The molecule has 5 N–H and O–H groups in total. The van der Waals surface area contributed by atoms with Gasteiger partial charge in [0.1, 0.15) is 0 Å². The van der Waals surface area contributed by atoms with Crippen molar-refractivity contribution in [2.75, 3.05) is 19.9 Å². The number of thioether (sulfide) groups is 1. The summed E-state index contributed by atoms with van der Waals surface area (Å²) in [6, 6.07) is 6.82. The Bertz CT molecular complexity index is 730. The van der Waals surface area contributed by atoms with Gasteiger partial charge < -0.3 is 30.7 Å². The highest BCUT2D eigenvalue weighted by molar-refractivity contribution is 8.00. The van der Waals surface area contributed by atoms with Crippen LogP contribution >= 0.6 is 11.8 Å². The Hall–Kier alpha value is -1.75.